The van der Waals surface area contributed by atoms with E-state index >= 15 is 0 Å². The van der Waals surface area contributed by atoms with Gasteiger partial charge in [-0.15, -0.1) is 0 Å². The average molecular weight is 335 g/mol. The van der Waals surface area contributed by atoms with E-state index in [1.165, 1.54) is 11.1 Å². The van der Waals surface area contributed by atoms with Crippen LogP contribution in [0, 0.1) is 6.92 Å². The van der Waals surface area contributed by atoms with Crippen molar-refractivity contribution in [2.75, 3.05) is 6.61 Å². The maximum atomic E-state index is 12.2. The predicted octanol–water partition coefficient (Wildman–Crippen LogP) is 2.83. The minimum absolute atomic E-state index is 0.00455. The van der Waals surface area contributed by atoms with E-state index in [1.54, 1.807) is 0 Å². The van der Waals surface area contributed by atoms with Crippen LogP contribution in [0.2, 0.25) is 0 Å². The molecule has 25 heavy (non-hydrogen) atoms. The molecule has 0 bridgehead atoms. The SMILES string of the molecule is Cc1ccn2cc(CNC(=O)Cc3ccc4c(c3)CCCO4)nc2c1. The molecule has 0 atom stereocenters. The summed E-state index contributed by atoms with van der Waals surface area (Å²) in [5.41, 5.74) is 5.15. The van der Waals surface area contributed by atoms with Gasteiger partial charge < -0.3 is 14.5 Å². The fourth-order valence-corrected chi connectivity index (χ4v) is 3.18. The largest absolute Gasteiger partial charge is 0.493 e. The number of rotatable bonds is 4. The Balaban J connectivity index is 1.38. The number of nitrogens with one attached hydrogen (secondary N) is 1. The minimum atomic E-state index is 0.00455. The van der Waals surface area contributed by atoms with Crippen LogP contribution in [0.4, 0.5) is 0 Å². The van der Waals surface area contributed by atoms with Gasteiger partial charge in [-0.3, -0.25) is 4.79 Å². The molecule has 3 heterocycles. The van der Waals surface area contributed by atoms with Crippen molar-refractivity contribution in [2.24, 2.45) is 0 Å². The molecule has 0 fully saturated rings. The van der Waals surface area contributed by atoms with E-state index in [9.17, 15) is 4.79 Å². The van der Waals surface area contributed by atoms with Crippen LogP contribution in [0.15, 0.2) is 42.7 Å². The molecule has 1 aromatic carbocycles. The van der Waals surface area contributed by atoms with Crippen LogP contribution in [0.3, 0.4) is 0 Å². The number of pyridine rings is 1. The molecule has 1 N–H and O–H groups in total. The molecular formula is C20H21N3O2. The molecule has 0 radical (unpaired) electrons. The molecule has 0 saturated carbocycles. The topological polar surface area (TPSA) is 55.6 Å². The first kappa shape index (κ1) is 15.7. The number of carbonyl (C=O) groups is 1. The number of aromatic nitrogens is 2. The van der Waals surface area contributed by atoms with Gasteiger partial charge >= 0.3 is 0 Å². The molecule has 1 aliphatic heterocycles. The molecule has 4 rings (SSSR count). The summed E-state index contributed by atoms with van der Waals surface area (Å²) < 4.78 is 7.59. The van der Waals surface area contributed by atoms with Gasteiger partial charge in [0.05, 0.1) is 25.3 Å². The van der Waals surface area contributed by atoms with Gasteiger partial charge in [0, 0.05) is 12.4 Å². The third-order valence-corrected chi connectivity index (χ3v) is 4.47. The Kier molecular flexibility index (Phi) is 4.14. The fourth-order valence-electron chi connectivity index (χ4n) is 3.18. The quantitative estimate of drug-likeness (QED) is 0.798. The van der Waals surface area contributed by atoms with E-state index < -0.39 is 0 Å². The van der Waals surface area contributed by atoms with Crippen molar-refractivity contribution in [1.29, 1.82) is 0 Å². The molecular weight excluding hydrogens is 314 g/mol. The molecule has 2 aromatic heterocycles. The summed E-state index contributed by atoms with van der Waals surface area (Å²) in [6, 6.07) is 10.1. The van der Waals surface area contributed by atoms with Gasteiger partial charge in [0.15, 0.2) is 0 Å². The van der Waals surface area contributed by atoms with Crippen molar-refractivity contribution in [1.82, 2.24) is 14.7 Å². The van der Waals surface area contributed by atoms with Crippen molar-refractivity contribution in [3.63, 3.8) is 0 Å². The maximum Gasteiger partial charge on any atom is 0.224 e. The summed E-state index contributed by atoms with van der Waals surface area (Å²) in [4.78, 5) is 16.8. The zero-order valence-corrected chi connectivity index (χ0v) is 14.3. The first-order valence-electron chi connectivity index (χ1n) is 8.63. The molecule has 128 valence electrons. The highest BCUT2D eigenvalue weighted by Gasteiger charge is 2.12. The van der Waals surface area contributed by atoms with Gasteiger partial charge in [-0.1, -0.05) is 12.1 Å². The van der Waals surface area contributed by atoms with Crippen molar-refractivity contribution >= 4 is 11.6 Å². The summed E-state index contributed by atoms with van der Waals surface area (Å²) in [5, 5.41) is 2.96. The third kappa shape index (κ3) is 3.50. The molecule has 3 aromatic rings. The Morgan fingerprint density at radius 1 is 1.32 bits per heavy atom. The highest BCUT2D eigenvalue weighted by atomic mass is 16.5. The first-order chi connectivity index (χ1) is 12.2. The number of carbonyl (C=O) groups excluding carboxylic acids is 1. The number of fused-ring (bicyclic) bond motifs is 2. The number of benzene rings is 1. The summed E-state index contributed by atoms with van der Waals surface area (Å²) >= 11 is 0. The lowest BCUT2D eigenvalue weighted by Crippen LogP contribution is -2.24. The fraction of sp³-hybridized carbons (Fsp3) is 0.300. The molecule has 1 amide bonds. The van der Waals surface area contributed by atoms with Crippen molar-refractivity contribution < 1.29 is 9.53 Å². The lowest BCUT2D eigenvalue weighted by molar-refractivity contribution is -0.120. The molecule has 0 saturated heterocycles. The molecule has 0 unspecified atom stereocenters. The monoisotopic (exact) mass is 335 g/mol. The number of imidazole rings is 1. The number of nitrogens with zero attached hydrogens (tertiary/aromatic N) is 2. The lowest BCUT2D eigenvalue weighted by atomic mass is 10.0. The van der Waals surface area contributed by atoms with Crippen LogP contribution >= 0.6 is 0 Å². The number of amides is 1. The second kappa shape index (κ2) is 6.59. The Hall–Kier alpha value is -2.82. The van der Waals surface area contributed by atoms with E-state index in [4.69, 9.17) is 4.74 Å². The molecule has 1 aliphatic rings. The van der Waals surface area contributed by atoms with Gasteiger partial charge in [-0.2, -0.15) is 0 Å². The normalized spacial score (nSPS) is 13.3. The second-order valence-corrected chi connectivity index (χ2v) is 6.55. The van der Waals surface area contributed by atoms with Gasteiger partial charge in [-0.05, 0) is 54.7 Å². The molecule has 0 spiro atoms. The van der Waals surface area contributed by atoms with Crippen LogP contribution in [0.5, 0.6) is 5.75 Å². The standard InChI is InChI=1S/C20H21N3O2/c1-14-6-7-23-13-17(22-19(23)9-14)12-21-20(24)11-15-4-5-18-16(10-15)3-2-8-25-18/h4-7,9-10,13H,2-3,8,11-12H2,1H3,(H,21,24). The second-order valence-electron chi connectivity index (χ2n) is 6.55. The van der Waals surface area contributed by atoms with Crippen LogP contribution in [0.1, 0.15) is 28.8 Å². The zero-order valence-electron chi connectivity index (χ0n) is 14.3. The van der Waals surface area contributed by atoms with E-state index in [-0.39, 0.29) is 5.91 Å². The number of ether oxygens (including phenoxy) is 1. The summed E-state index contributed by atoms with van der Waals surface area (Å²) in [5.74, 6) is 0.959. The van der Waals surface area contributed by atoms with E-state index in [0.29, 0.717) is 13.0 Å². The number of hydrogen-bond acceptors (Lipinski definition) is 3. The average Bonchev–Trinajstić information content (AvgIpc) is 3.02. The van der Waals surface area contributed by atoms with Crippen LogP contribution in [0.25, 0.3) is 5.65 Å². The Morgan fingerprint density at radius 3 is 3.16 bits per heavy atom. The van der Waals surface area contributed by atoms with Gasteiger partial charge in [-0.25, -0.2) is 4.98 Å². The van der Waals surface area contributed by atoms with Gasteiger partial charge in [0.25, 0.3) is 0 Å². The van der Waals surface area contributed by atoms with Gasteiger partial charge in [0.1, 0.15) is 11.4 Å². The molecule has 0 aliphatic carbocycles. The lowest BCUT2D eigenvalue weighted by Gasteiger charge is -2.17. The third-order valence-electron chi connectivity index (χ3n) is 4.47. The van der Waals surface area contributed by atoms with Crippen LogP contribution < -0.4 is 10.1 Å². The maximum absolute atomic E-state index is 12.2. The van der Waals surface area contributed by atoms with Crippen molar-refractivity contribution in [3.05, 3.63) is 65.1 Å². The van der Waals surface area contributed by atoms with Gasteiger partial charge in [0.2, 0.25) is 5.91 Å². The Labute approximate surface area is 146 Å². The molecule has 5 nitrogen and oxygen atoms in total. The predicted molar refractivity (Wildman–Crippen MR) is 95.7 cm³/mol. The van der Waals surface area contributed by atoms with Crippen LogP contribution in [-0.4, -0.2) is 21.9 Å². The number of hydrogen-bond donors (Lipinski definition) is 1. The number of aryl methyl sites for hydroxylation is 2. The summed E-state index contributed by atoms with van der Waals surface area (Å²) in [7, 11) is 0. The smallest absolute Gasteiger partial charge is 0.224 e. The zero-order chi connectivity index (χ0) is 17.2. The first-order valence-corrected chi connectivity index (χ1v) is 8.63. The summed E-state index contributed by atoms with van der Waals surface area (Å²) in [6.07, 6.45) is 6.37. The Morgan fingerprint density at radius 2 is 2.24 bits per heavy atom. The van der Waals surface area contributed by atoms with E-state index in [0.717, 1.165) is 42.1 Å². The van der Waals surface area contributed by atoms with Crippen molar-refractivity contribution in [3.8, 4) is 5.75 Å². The van der Waals surface area contributed by atoms with Crippen LogP contribution in [-0.2, 0) is 24.2 Å². The van der Waals surface area contributed by atoms with E-state index in [1.807, 2.05) is 48.0 Å². The van der Waals surface area contributed by atoms with E-state index in [2.05, 4.69) is 16.4 Å². The summed E-state index contributed by atoms with van der Waals surface area (Å²) in [6.45, 7) is 3.26. The highest BCUT2D eigenvalue weighted by Crippen LogP contribution is 2.25. The minimum Gasteiger partial charge on any atom is -0.493 e. The molecule has 5 heteroatoms. The highest BCUT2D eigenvalue weighted by molar-refractivity contribution is 5.78. The van der Waals surface area contributed by atoms with Crippen molar-refractivity contribution in [2.45, 2.75) is 32.7 Å². The Bertz CT molecular complexity index is 930.